The van der Waals surface area contributed by atoms with E-state index in [2.05, 4.69) is 39.9 Å². The van der Waals surface area contributed by atoms with Gasteiger partial charge in [0.15, 0.2) is 0 Å². The first-order valence-electron chi connectivity index (χ1n) is 21.0. The van der Waals surface area contributed by atoms with Crippen LogP contribution in [0.3, 0.4) is 0 Å². The van der Waals surface area contributed by atoms with Crippen molar-refractivity contribution in [2.75, 3.05) is 0 Å². The molecule has 0 aromatic carbocycles. The van der Waals surface area contributed by atoms with Crippen LogP contribution in [0.2, 0.25) is 0 Å². The highest BCUT2D eigenvalue weighted by Crippen LogP contribution is 2.89. The minimum Gasteiger partial charge on any atom is -0.462 e. The van der Waals surface area contributed by atoms with E-state index in [1.54, 1.807) is 34.6 Å². The molecular formula is C44H71NO10. The van der Waals surface area contributed by atoms with Gasteiger partial charge in [-0.05, 0) is 133 Å². The summed E-state index contributed by atoms with van der Waals surface area (Å²) in [7, 11) is 0. The molecule has 6 aliphatic rings. The van der Waals surface area contributed by atoms with E-state index >= 15 is 0 Å². The van der Waals surface area contributed by atoms with Crippen molar-refractivity contribution in [2.24, 2.45) is 50.7 Å². The fourth-order valence-corrected chi connectivity index (χ4v) is 14.0. The Balaban J connectivity index is 1.40. The average molecular weight is 774 g/mol. The Morgan fingerprint density at radius 3 is 1.96 bits per heavy atom. The minimum atomic E-state index is -1.04. The van der Waals surface area contributed by atoms with Gasteiger partial charge < -0.3 is 34.1 Å². The summed E-state index contributed by atoms with van der Waals surface area (Å²) >= 11 is 0. The van der Waals surface area contributed by atoms with Crippen LogP contribution in [0.1, 0.15) is 155 Å². The van der Waals surface area contributed by atoms with E-state index in [-0.39, 0.29) is 75.6 Å². The van der Waals surface area contributed by atoms with E-state index in [4.69, 9.17) is 23.7 Å². The van der Waals surface area contributed by atoms with E-state index < -0.39 is 46.4 Å². The number of carbonyl (C=O) groups excluding carboxylic acids is 4. The molecule has 5 saturated carbocycles. The number of alkyl carbamates (subject to hydrolysis) is 1. The zero-order valence-corrected chi connectivity index (χ0v) is 36.2. The Bertz CT molecular complexity index is 1560. The Labute approximate surface area is 329 Å². The highest BCUT2D eigenvalue weighted by atomic mass is 16.6. The average Bonchev–Trinajstić information content (AvgIpc) is 3.36. The third kappa shape index (κ3) is 6.70. The van der Waals surface area contributed by atoms with Crippen molar-refractivity contribution >= 4 is 24.0 Å². The molecule has 11 heteroatoms. The summed E-state index contributed by atoms with van der Waals surface area (Å²) in [5, 5.41) is 13.9. The largest absolute Gasteiger partial charge is 0.462 e. The Kier molecular flexibility index (Phi) is 10.2. The molecule has 0 aromatic heterocycles. The quantitative estimate of drug-likeness (QED) is 0.186. The third-order valence-electron chi connectivity index (χ3n) is 16.2. The fourth-order valence-electron chi connectivity index (χ4n) is 14.0. The number of hydrogen-bond acceptors (Lipinski definition) is 10. The Morgan fingerprint density at radius 2 is 1.42 bits per heavy atom. The van der Waals surface area contributed by atoms with E-state index in [1.807, 2.05) is 13.8 Å². The maximum atomic E-state index is 14.4. The molecule has 1 aliphatic heterocycles. The number of ether oxygens (including phenoxy) is 5. The van der Waals surface area contributed by atoms with Gasteiger partial charge in [0.25, 0.3) is 0 Å². The monoisotopic (exact) mass is 774 g/mol. The molecule has 1 amide bonds. The van der Waals surface area contributed by atoms with Crippen LogP contribution in [-0.2, 0) is 38.1 Å². The number of carbonyl (C=O) groups is 4. The van der Waals surface area contributed by atoms with Crippen molar-refractivity contribution in [2.45, 2.75) is 202 Å². The number of nitrogens with one attached hydrogen (secondary N) is 1. The summed E-state index contributed by atoms with van der Waals surface area (Å²) in [4.78, 5) is 52.5. The molecule has 6 fully saturated rings. The lowest BCUT2D eigenvalue weighted by atomic mass is 9.41. The first kappa shape index (κ1) is 42.2. The van der Waals surface area contributed by atoms with E-state index in [9.17, 15) is 24.3 Å². The Morgan fingerprint density at radius 1 is 0.782 bits per heavy atom. The van der Waals surface area contributed by atoms with Gasteiger partial charge in [-0.15, -0.1) is 0 Å². The van der Waals surface area contributed by atoms with Crippen molar-refractivity contribution in [1.29, 1.82) is 0 Å². The molecule has 2 spiro atoms. The van der Waals surface area contributed by atoms with Crippen LogP contribution < -0.4 is 5.32 Å². The summed E-state index contributed by atoms with van der Waals surface area (Å²) in [6.07, 6.45) is 5.11. The lowest BCUT2D eigenvalue weighted by molar-refractivity contribution is -0.224. The first-order valence-corrected chi connectivity index (χ1v) is 21.0. The summed E-state index contributed by atoms with van der Waals surface area (Å²) in [5.41, 5.74) is -3.61. The predicted octanol–water partition coefficient (Wildman–Crippen LogP) is 7.68. The van der Waals surface area contributed by atoms with Gasteiger partial charge in [0, 0.05) is 31.1 Å². The minimum absolute atomic E-state index is 0.0102. The van der Waals surface area contributed by atoms with Crippen molar-refractivity contribution < 1.29 is 48.0 Å². The van der Waals surface area contributed by atoms with Crippen LogP contribution >= 0.6 is 0 Å². The molecule has 3 unspecified atom stereocenters. The van der Waals surface area contributed by atoms with Crippen molar-refractivity contribution in [3.63, 3.8) is 0 Å². The predicted molar refractivity (Wildman–Crippen MR) is 205 cm³/mol. The van der Waals surface area contributed by atoms with Gasteiger partial charge in [-0.25, -0.2) is 9.59 Å². The van der Waals surface area contributed by atoms with E-state index in [0.717, 1.165) is 32.1 Å². The van der Waals surface area contributed by atoms with Gasteiger partial charge in [-0.3, -0.25) is 9.59 Å². The second-order valence-electron chi connectivity index (χ2n) is 21.8. The second kappa shape index (κ2) is 13.3. The number of rotatable bonds is 8. The van der Waals surface area contributed by atoms with Crippen LogP contribution in [0.25, 0.3) is 0 Å². The molecule has 55 heavy (non-hydrogen) atoms. The third-order valence-corrected chi connectivity index (χ3v) is 16.2. The zero-order chi connectivity index (χ0) is 41.1. The van der Waals surface area contributed by atoms with Gasteiger partial charge in [0.2, 0.25) is 0 Å². The van der Waals surface area contributed by atoms with Crippen LogP contribution in [0.5, 0.6) is 0 Å². The maximum Gasteiger partial charge on any atom is 0.408 e. The van der Waals surface area contributed by atoms with Crippen LogP contribution in [0.15, 0.2) is 0 Å². The molecule has 13 atom stereocenters. The topological polar surface area (TPSA) is 147 Å². The molecule has 0 radical (unpaired) electrons. The fraction of sp³-hybridized carbons (Fsp3) is 0.909. The highest BCUT2D eigenvalue weighted by molar-refractivity contribution is 5.82. The molecule has 5 aliphatic carbocycles. The first-order chi connectivity index (χ1) is 25.1. The molecule has 6 rings (SSSR count). The van der Waals surface area contributed by atoms with Crippen molar-refractivity contribution in [3.8, 4) is 0 Å². The SMILES string of the molecule is CC(=O)O[C@H]1CC2C3(CC[C@]4(C)[C@@H]([C@@]5(C)CC[C@@H](C(C)(C)O)O5)[C@@H](OC(=O)C(NC(=O)OC(C)(C)C)C(C)C)C[C@@]24C)C[C@@]32CC[C@H](OC(C)=O)C(C)(C)[C@H]12. The number of aliphatic hydroxyl groups is 1. The molecule has 0 aromatic rings. The molecule has 2 N–H and O–H groups in total. The second-order valence-corrected chi connectivity index (χ2v) is 21.8. The zero-order valence-electron chi connectivity index (χ0n) is 36.2. The lowest BCUT2D eigenvalue weighted by Gasteiger charge is -2.64. The van der Waals surface area contributed by atoms with Crippen molar-refractivity contribution in [1.82, 2.24) is 5.32 Å². The van der Waals surface area contributed by atoms with Gasteiger partial charge in [0.05, 0.1) is 17.3 Å². The molecule has 0 bridgehead atoms. The number of amides is 1. The molecular weight excluding hydrogens is 702 g/mol. The summed E-state index contributed by atoms with van der Waals surface area (Å²) < 4.78 is 31.5. The van der Waals surface area contributed by atoms with Crippen LogP contribution in [0, 0.1) is 50.7 Å². The van der Waals surface area contributed by atoms with Crippen LogP contribution in [-0.4, -0.2) is 76.4 Å². The van der Waals surface area contributed by atoms with E-state index in [0.29, 0.717) is 25.7 Å². The van der Waals surface area contributed by atoms with Gasteiger partial charge in [-0.2, -0.15) is 0 Å². The van der Waals surface area contributed by atoms with Crippen LogP contribution in [0.4, 0.5) is 4.79 Å². The summed E-state index contributed by atoms with van der Waals surface area (Å²) in [6.45, 7) is 26.9. The van der Waals surface area contributed by atoms with Gasteiger partial charge in [0.1, 0.15) is 30.0 Å². The summed E-state index contributed by atoms with van der Waals surface area (Å²) in [6, 6.07) is -0.920. The number of esters is 3. The lowest BCUT2D eigenvalue weighted by Crippen LogP contribution is -2.63. The maximum absolute atomic E-state index is 14.4. The Hall–Kier alpha value is -2.40. The molecule has 11 nitrogen and oxygen atoms in total. The number of hydrogen-bond donors (Lipinski definition) is 2. The van der Waals surface area contributed by atoms with E-state index in [1.165, 1.54) is 13.8 Å². The molecule has 312 valence electrons. The number of fused-ring (bicyclic) bond motifs is 2. The van der Waals surface area contributed by atoms with Gasteiger partial charge >= 0.3 is 24.0 Å². The molecule has 1 saturated heterocycles. The standard InChI is InChI=1S/C44H71NO10/c1-24(2)32(45-36(49)55-37(5,6)7)35(48)53-28-22-41(13)29-21-27(51-25(3)46)33-38(8,9)30(52-26(4)47)16-18-44(33)23-43(29,44)20-19-40(41,12)34(28)42(14)17-15-31(54-42)39(10,11)50/h24,27-34,50H,15-23H2,1-14H3,(H,45,49)/t27-,28-,29?,30-,31-,32?,33-,34-,40+,41-,42+,43?,44+/m0/s1. The molecule has 1 heterocycles. The highest BCUT2D eigenvalue weighted by Gasteiger charge is 2.85. The normalized spacial score (nSPS) is 43.5. The summed E-state index contributed by atoms with van der Waals surface area (Å²) in [5.74, 6) is -1.35. The van der Waals surface area contributed by atoms with Gasteiger partial charge in [-0.1, -0.05) is 41.5 Å². The van der Waals surface area contributed by atoms with Crippen molar-refractivity contribution in [3.05, 3.63) is 0 Å². The smallest absolute Gasteiger partial charge is 0.408 e.